The fourth-order valence-electron chi connectivity index (χ4n) is 4.07. The van der Waals surface area contributed by atoms with E-state index in [0.717, 1.165) is 6.42 Å². The van der Waals surface area contributed by atoms with E-state index >= 15 is 0 Å². The molecule has 28 heavy (non-hydrogen) atoms. The number of carbonyl (C=O) groups excluding carboxylic acids is 2. The molecule has 0 heterocycles. The van der Waals surface area contributed by atoms with Crippen LogP contribution >= 0.6 is 0 Å². The number of alkyl carbamates (subject to hydrolysis) is 1. The fraction of sp³-hybridized carbons (Fsp3) is 0.417. The average Bonchev–Trinajstić information content (AvgIpc) is 3.03. The first-order valence-corrected chi connectivity index (χ1v) is 10.1. The van der Waals surface area contributed by atoms with Crippen molar-refractivity contribution >= 4 is 11.9 Å². The summed E-state index contributed by atoms with van der Waals surface area (Å²) in [7, 11) is 0. The van der Waals surface area contributed by atoms with Crippen molar-refractivity contribution in [3.05, 3.63) is 59.7 Å². The van der Waals surface area contributed by atoms with Gasteiger partial charge in [-0.15, -0.1) is 0 Å². The summed E-state index contributed by atoms with van der Waals surface area (Å²) in [6.45, 7) is 7.96. The van der Waals surface area contributed by atoms with Crippen molar-refractivity contribution in [1.29, 1.82) is 0 Å². The highest BCUT2D eigenvalue weighted by atomic mass is 16.5. The van der Waals surface area contributed by atoms with Crippen LogP contribution in [0.4, 0.5) is 4.79 Å². The number of hydrogen-bond donors (Lipinski definition) is 1. The summed E-state index contributed by atoms with van der Waals surface area (Å²) in [5.41, 5.74) is 4.73. The predicted octanol–water partition coefficient (Wildman–Crippen LogP) is 5.16. The molecule has 1 aliphatic carbocycles. The zero-order chi connectivity index (χ0) is 20.3. The molecule has 1 N–H and O–H groups in total. The van der Waals surface area contributed by atoms with Gasteiger partial charge in [0.2, 0.25) is 0 Å². The molecule has 0 saturated heterocycles. The molecule has 4 nitrogen and oxygen atoms in total. The Bertz CT molecular complexity index is 815. The molecule has 0 unspecified atom stereocenters. The number of nitrogens with one attached hydrogen (secondary N) is 1. The monoisotopic (exact) mass is 379 g/mol. The second-order valence-electron chi connectivity index (χ2n) is 7.80. The summed E-state index contributed by atoms with van der Waals surface area (Å²) < 4.78 is 5.58. The molecule has 0 bridgehead atoms. The molecule has 0 fully saturated rings. The van der Waals surface area contributed by atoms with Gasteiger partial charge in [0, 0.05) is 5.92 Å². The number of carbonyl (C=O) groups is 2. The predicted molar refractivity (Wildman–Crippen MR) is 111 cm³/mol. The summed E-state index contributed by atoms with van der Waals surface area (Å²) in [4.78, 5) is 24.5. The smallest absolute Gasteiger partial charge is 0.407 e. The molecule has 0 aliphatic heterocycles. The first-order chi connectivity index (χ1) is 13.4. The average molecular weight is 380 g/mol. The normalized spacial score (nSPS) is 15.9. The molecule has 3 atom stereocenters. The second-order valence-corrected chi connectivity index (χ2v) is 7.80. The number of ether oxygens (including phenoxy) is 1. The van der Waals surface area contributed by atoms with Gasteiger partial charge in [0.15, 0.2) is 5.78 Å². The SMILES string of the molecule is CC[C@H](C)[C@H](C)[C@H](NC(=O)OCC1c2ccccc2-c2ccccc21)C(C)=O. The summed E-state index contributed by atoms with van der Waals surface area (Å²) in [6.07, 6.45) is 0.425. The van der Waals surface area contributed by atoms with Crippen LogP contribution < -0.4 is 5.32 Å². The molecule has 2 aromatic rings. The van der Waals surface area contributed by atoms with Gasteiger partial charge in [-0.25, -0.2) is 4.79 Å². The molecule has 148 valence electrons. The zero-order valence-electron chi connectivity index (χ0n) is 17.1. The van der Waals surface area contributed by atoms with E-state index in [9.17, 15) is 9.59 Å². The Labute approximate surface area is 167 Å². The van der Waals surface area contributed by atoms with Crippen LogP contribution in [-0.2, 0) is 9.53 Å². The van der Waals surface area contributed by atoms with E-state index in [0.29, 0.717) is 5.92 Å². The van der Waals surface area contributed by atoms with Crippen LogP contribution in [0.5, 0.6) is 0 Å². The zero-order valence-corrected chi connectivity index (χ0v) is 17.1. The van der Waals surface area contributed by atoms with Gasteiger partial charge in [-0.05, 0) is 41.0 Å². The highest BCUT2D eigenvalue weighted by Gasteiger charge is 2.31. The molecule has 1 aliphatic rings. The fourth-order valence-corrected chi connectivity index (χ4v) is 4.07. The van der Waals surface area contributed by atoms with Gasteiger partial charge < -0.3 is 10.1 Å². The summed E-state index contributed by atoms with van der Waals surface area (Å²) in [5.74, 6) is 0.369. The lowest BCUT2D eigenvalue weighted by Crippen LogP contribution is -2.46. The van der Waals surface area contributed by atoms with E-state index in [1.54, 1.807) is 0 Å². The molecular weight excluding hydrogens is 350 g/mol. The Balaban J connectivity index is 1.70. The lowest BCUT2D eigenvalue weighted by atomic mass is 9.85. The van der Waals surface area contributed by atoms with Crippen LogP contribution in [0, 0.1) is 11.8 Å². The number of ketones is 1. The Morgan fingerprint density at radius 1 is 1.00 bits per heavy atom. The minimum Gasteiger partial charge on any atom is -0.449 e. The lowest BCUT2D eigenvalue weighted by Gasteiger charge is -2.27. The number of amides is 1. The van der Waals surface area contributed by atoms with Crippen molar-refractivity contribution in [3.63, 3.8) is 0 Å². The maximum Gasteiger partial charge on any atom is 0.407 e. The molecule has 0 aromatic heterocycles. The van der Waals surface area contributed by atoms with Gasteiger partial charge in [-0.1, -0.05) is 75.7 Å². The van der Waals surface area contributed by atoms with E-state index in [1.165, 1.54) is 29.2 Å². The van der Waals surface area contributed by atoms with Crippen LogP contribution in [-0.4, -0.2) is 24.5 Å². The maximum atomic E-state index is 12.5. The minimum absolute atomic E-state index is 0.0147. The van der Waals surface area contributed by atoms with Crippen molar-refractivity contribution in [1.82, 2.24) is 5.32 Å². The number of hydrogen-bond acceptors (Lipinski definition) is 3. The molecule has 1 amide bonds. The standard InChI is InChI=1S/C24H29NO3/c1-5-15(2)16(3)23(17(4)26)25-24(27)28-14-22-20-12-8-6-10-18(20)19-11-7-9-13-21(19)22/h6-13,15-16,22-23H,5,14H2,1-4H3,(H,25,27)/t15-,16-,23-/m0/s1. The van der Waals surface area contributed by atoms with Crippen LogP contribution in [0.2, 0.25) is 0 Å². The van der Waals surface area contributed by atoms with Crippen molar-refractivity contribution in [3.8, 4) is 11.1 Å². The van der Waals surface area contributed by atoms with Gasteiger partial charge in [0.1, 0.15) is 6.61 Å². The third kappa shape index (κ3) is 3.96. The van der Waals surface area contributed by atoms with Crippen molar-refractivity contribution in [2.75, 3.05) is 6.61 Å². The van der Waals surface area contributed by atoms with E-state index < -0.39 is 12.1 Å². The summed E-state index contributed by atoms with van der Waals surface area (Å²) in [6, 6.07) is 15.9. The molecule has 3 rings (SSSR count). The third-order valence-electron chi connectivity index (χ3n) is 6.12. The lowest BCUT2D eigenvalue weighted by molar-refractivity contribution is -0.120. The second kappa shape index (κ2) is 8.59. The topological polar surface area (TPSA) is 55.4 Å². The van der Waals surface area contributed by atoms with Crippen molar-refractivity contribution in [2.24, 2.45) is 11.8 Å². The number of Topliss-reactive ketones (excluding diaryl/α,β-unsaturated/α-hetero) is 1. The maximum absolute atomic E-state index is 12.5. The van der Waals surface area contributed by atoms with E-state index in [2.05, 4.69) is 43.4 Å². The van der Waals surface area contributed by atoms with Gasteiger partial charge in [-0.3, -0.25) is 4.79 Å². The molecular formula is C24H29NO3. The molecule has 0 spiro atoms. The Hall–Kier alpha value is -2.62. The summed E-state index contributed by atoms with van der Waals surface area (Å²) >= 11 is 0. The molecule has 0 radical (unpaired) electrons. The number of fused-ring (bicyclic) bond motifs is 3. The van der Waals surface area contributed by atoms with Crippen LogP contribution in [0.1, 0.15) is 51.2 Å². The van der Waals surface area contributed by atoms with Gasteiger partial charge >= 0.3 is 6.09 Å². The highest BCUT2D eigenvalue weighted by Crippen LogP contribution is 2.44. The quantitative estimate of drug-likeness (QED) is 0.722. The first-order valence-electron chi connectivity index (χ1n) is 10.1. The van der Waals surface area contributed by atoms with Crippen molar-refractivity contribution in [2.45, 2.75) is 46.1 Å². The van der Waals surface area contributed by atoms with Gasteiger partial charge in [0.25, 0.3) is 0 Å². The van der Waals surface area contributed by atoms with Crippen LogP contribution in [0.3, 0.4) is 0 Å². The third-order valence-corrected chi connectivity index (χ3v) is 6.12. The van der Waals surface area contributed by atoms with E-state index in [4.69, 9.17) is 4.74 Å². The number of benzene rings is 2. The van der Waals surface area contributed by atoms with Gasteiger partial charge in [0.05, 0.1) is 6.04 Å². The Morgan fingerprint density at radius 3 is 2.04 bits per heavy atom. The molecule has 0 saturated carbocycles. The Kier molecular flexibility index (Phi) is 6.18. The van der Waals surface area contributed by atoms with Crippen LogP contribution in [0.15, 0.2) is 48.5 Å². The van der Waals surface area contributed by atoms with Crippen LogP contribution in [0.25, 0.3) is 11.1 Å². The molecule has 2 aromatic carbocycles. The van der Waals surface area contributed by atoms with E-state index in [1.807, 2.05) is 31.2 Å². The largest absolute Gasteiger partial charge is 0.449 e. The van der Waals surface area contributed by atoms with E-state index in [-0.39, 0.29) is 24.2 Å². The highest BCUT2D eigenvalue weighted by molar-refractivity contribution is 5.85. The number of rotatable bonds is 7. The molecule has 4 heteroatoms. The minimum atomic E-state index is -0.530. The summed E-state index contributed by atoms with van der Waals surface area (Å²) in [5, 5.41) is 2.79. The Morgan fingerprint density at radius 2 is 1.54 bits per heavy atom. The first kappa shape index (κ1) is 20.1. The van der Waals surface area contributed by atoms with Crippen molar-refractivity contribution < 1.29 is 14.3 Å². The van der Waals surface area contributed by atoms with Gasteiger partial charge in [-0.2, -0.15) is 0 Å².